The van der Waals surface area contributed by atoms with Crippen LogP contribution in [0, 0.1) is 0 Å². The summed E-state index contributed by atoms with van der Waals surface area (Å²) in [5.41, 5.74) is 9.61. The number of fused-ring (bicyclic) bond motifs is 2. The Balaban J connectivity index is 0.000000158. The van der Waals surface area contributed by atoms with Crippen molar-refractivity contribution in [1.29, 1.82) is 0 Å². The zero-order valence-corrected chi connectivity index (χ0v) is 22.5. The van der Waals surface area contributed by atoms with Gasteiger partial charge >= 0.3 is 0 Å². The zero-order valence-electron chi connectivity index (χ0n) is 22.5. The number of nitrogens with one attached hydrogen (secondary N) is 1. The highest BCUT2D eigenvalue weighted by Gasteiger charge is 2.07. The van der Waals surface area contributed by atoms with E-state index >= 15 is 0 Å². The molecule has 0 saturated heterocycles. The predicted octanol–water partition coefficient (Wildman–Crippen LogP) is 6.18. The summed E-state index contributed by atoms with van der Waals surface area (Å²) in [6.07, 6.45) is 8.18. The van der Waals surface area contributed by atoms with E-state index in [0.29, 0.717) is 0 Å². The van der Waals surface area contributed by atoms with E-state index < -0.39 is 0 Å². The molecule has 0 saturated carbocycles. The van der Waals surface area contributed by atoms with Crippen molar-refractivity contribution in [2.45, 2.75) is 0 Å². The SMILES string of the molecule is CN(C)c1ccc(-c2cn3ccc(N(C)C)cc3n2)cc1.CNc1ccn2cc(-c3ccccc3)nc2c1. The molecule has 0 bridgehead atoms. The highest BCUT2D eigenvalue weighted by atomic mass is 15.1. The summed E-state index contributed by atoms with van der Waals surface area (Å²) in [5, 5.41) is 3.11. The Bertz CT molecular complexity index is 1650. The second-order valence-corrected chi connectivity index (χ2v) is 9.54. The maximum atomic E-state index is 4.72. The molecule has 6 aromatic rings. The molecular formula is C31H33N7. The Labute approximate surface area is 223 Å². The average Bonchev–Trinajstić information content (AvgIpc) is 3.57. The summed E-state index contributed by atoms with van der Waals surface area (Å²) in [6.45, 7) is 0. The molecule has 7 nitrogen and oxygen atoms in total. The molecule has 38 heavy (non-hydrogen) atoms. The summed E-state index contributed by atoms with van der Waals surface area (Å²) in [7, 11) is 10.1. The van der Waals surface area contributed by atoms with Crippen molar-refractivity contribution in [2.24, 2.45) is 0 Å². The van der Waals surface area contributed by atoms with Crippen LogP contribution in [0.1, 0.15) is 0 Å². The van der Waals surface area contributed by atoms with Gasteiger partial charge in [0.2, 0.25) is 0 Å². The van der Waals surface area contributed by atoms with Gasteiger partial charge in [0.25, 0.3) is 0 Å². The number of aromatic nitrogens is 4. The normalized spacial score (nSPS) is 10.8. The van der Waals surface area contributed by atoms with E-state index in [4.69, 9.17) is 4.98 Å². The summed E-state index contributed by atoms with van der Waals surface area (Å²) >= 11 is 0. The van der Waals surface area contributed by atoms with Crippen molar-refractivity contribution in [3.63, 3.8) is 0 Å². The topological polar surface area (TPSA) is 53.1 Å². The molecule has 0 amide bonds. The van der Waals surface area contributed by atoms with Crippen molar-refractivity contribution in [3.8, 4) is 22.5 Å². The fourth-order valence-electron chi connectivity index (χ4n) is 4.20. The van der Waals surface area contributed by atoms with Gasteiger partial charge in [-0.1, -0.05) is 42.5 Å². The number of hydrogen-bond donors (Lipinski definition) is 1. The average molecular weight is 504 g/mol. The summed E-state index contributed by atoms with van der Waals surface area (Å²) in [5.74, 6) is 0. The Morgan fingerprint density at radius 3 is 1.74 bits per heavy atom. The molecule has 4 heterocycles. The second kappa shape index (κ2) is 10.7. The van der Waals surface area contributed by atoms with Crippen molar-refractivity contribution in [3.05, 3.63) is 104 Å². The largest absolute Gasteiger partial charge is 0.388 e. The number of anilines is 3. The van der Waals surface area contributed by atoms with Gasteiger partial charge in [-0.05, 0) is 24.3 Å². The van der Waals surface area contributed by atoms with Crippen LogP contribution in [0.15, 0.2) is 104 Å². The van der Waals surface area contributed by atoms with Crippen molar-refractivity contribution < 1.29 is 0 Å². The molecule has 0 fully saturated rings. The van der Waals surface area contributed by atoms with Crippen LogP contribution in [0.2, 0.25) is 0 Å². The fourth-order valence-corrected chi connectivity index (χ4v) is 4.20. The van der Waals surface area contributed by atoms with E-state index in [1.165, 1.54) is 5.69 Å². The van der Waals surface area contributed by atoms with Crippen LogP contribution >= 0.6 is 0 Å². The molecule has 4 aromatic heterocycles. The number of nitrogens with zero attached hydrogens (tertiary/aromatic N) is 6. The lowest BCUT2D eigenvalue weighted by Crippen LogP contribution is -2.08. The van der Waals surface area contributed by atoms with Crippen LogP contribution in [0.5, 0.6) is 0 Å². The molecule has 1 N–H and O–H groups in total. The molecule has 6 rings (SSSR count). The van der Waals surface area contributed by atoms with Crippen LogP contribution in [0.3, 0.4) is 0 Å². The van der Waals surface area contributed by atoms with E-state index in [2.05, 4.69) is 85.4 Å². The molecule has 0 aliphatic rings. The van der Waals surface area contributed by atoms with Gasteiger partial charge in [0.15, 0.2) is 0 Å². The molecule has 0 atom stereocenters. The van der Waals surface area contributed by atoms with E-state index in [-0.39, 0.29) is 0 Å². The first kappa shape index (κ1) is 24.9. The molecular weight excluding hydrogens is 470 g/mol. The molecule has 0 spiro atoms. The lowest BCUT2D eigenvalue weighted by Gasteiger charge is -2.12. The van der Waals surface area contributed by atoms with Gasteiger partial charge in [0, 0.05) is 100 Å². The first-order chi connectivity index (χ1) is 18.4. The maximum absolute atomic E-state index is 4.72. The number of rotatable bonds is 5. The third-order valence-corrected chi connectivity index (χ3v) is 6.46. The first-order valence-electron chi connectivity index (χ1n) is 12.6. The minimum absolute atomic E-state index is 0.954. The van der Waals surface area contributed by atoms with Gasteiger partial charge in [-0.15, -0.1) is 0 Å². The monoisotopic (exact) mass is 503 g/mol. The van der Waals surface area contributed by atoms with Gasteiger partial charge in [-0.3, -0.25) is 0 Å². The highest BCUT2D eigenvalue weighted by molar-refractivity contribution is 5.67. The van der Waals surface area contributed by atoms with Crippen LogP contribution in [-0.2, 0) is 0 Å². The zero-order chi connectivity index (χ0) is 26.6. The van der Waals surface area contributed by atoms with Gasteiger partial charge in [0.1, 0.15) is 11.3 Å². The third-order valence-electron chi connectivity index (χ3n) is 6.46. The van der Waals surface area contributed by atoms with Gasteiger partial charge in [0.05, 0.1) is 11.4 Å². The third kappa shape index (κ3) is 5.32. The molecule has 0 aliphatic heterocycles. The highest BCUT2D eigenvalue weighted by Crippen LogP contribution is 2.24. The Kier molecular flexibility index (Phi) is 7.00. The minimum Gasteiger partial charge on any atom is -0.388 e. The smallest absolute Gasteiger partial charge is 0.139 e. The van der Waals surface area contributed by atoms with Crippen molar-refractivity contribution in [2.75, 3.05) is 50.4 Å². The fraction of sp³-hybridized carbons (Fsp3) is 0.161. The molecule has 192 valence electrons. The van der Waals surface area contributed by atoms with E-state index in [1.54, 1.807) is 0 Å². The van der Waals surface area contributed by atoms with E-state index in [1.807, 2.05) is 82.4 Å². The standard InChI is InChI=1S/C17H20N4.C14H13N3/c1-19(2)14-7-5-13(6-8-14)16-12-21-10-9-15(20(3)4)11-17(21)18-16;1-15-12-7-8-17-10-13(16-14(17)9-12)11-5-3-2-4-6-11/h5-12H,1-4H3;2-10,15H,1H3. The maximum Gasteiger partial charge on any atom is 0.139 e. The number of hydrogen-bond acceptors (Lipinski definition) is 5. The van der Waals surface area contributed by atoms with E-state index in [0.717, 1.165) is 45.2 Å². The van der Waals surface area contributed by atoms with Gasteiger partial charge in [-0.2, -0.15) is 0 Å². The van der Waals surface area contributed by atoms with Crippen molar-refractivity contribution >= 4 is 28.4 Å². The first-order valence-corrected chi connectivity index (χ1v) is 12.6. The van der Waals surface area contributed by atoms with Crippen LogP contribution in [-0.4, -0.2) is 54.0 Å². The second-order valence-electron chi connectivity index (χ2n) is 9.54. The predicted molar refractivity (Wildman–Crippen MR) is 159 cm³/mol. The van der Waals surface area contributed by atoms with Gasteiger partial charge < -0.3 is 23.9 Å². The summed E-state index contributed by atoms with van der Waals surface area (Å²) in [6, 6.07) is 26.9. The minimum atomic E-state index is 0.954. The van der Waals surface area contributed by atoms with Crippen molar-refractivity contribution in [1.82, 2.24) is 18.8 Å². The number of benzene rings is 2. The lowest BCUT2D eigenvalue weighted by molar-refractivity contribution is 1.10. The molecule has 0 unspecified atom stereocenters. The summed E-state index contributed by atoms with van der Waals surface area (Å²) < 4.78 is 4.09. The molecule has 0 radical (unpaired) electrons. The molecule has 2 aromatic carbocycles. The Hall–Kier alpha value is -4.78. The lowest BCUT2D eigenvalue weighted by atomic mass is 10.1. The van der Waals surface area contributed by atoms with Crippen LogP contribution < -0.4 is 15.1 Å². The molecule has 0 aliphatic carbocycles. The Morgan fingerprint density at radius 2 is 1.16 bits per heavy atom. The van der Waals surface area contributed by atoms with E-state index in [9.17, 15) is 0 Å². The Morgan fingerprint density at radius 1 is 0.605 bits per heavy atom. The summed E-state index contributed by atoms with van der Waals surface area (Å²) in [4.78, 5) is 13.5. The number of pyridine rings is 2. The number of imidazole rings is 2. The quantitative estimate of drug-likeness (QED) is 0.305. The van der Waals surface area contributed by atoms with Crippen LogP contribution in [0.25, 0.3) is 33.8 Å². The van der Waals surface area contributed by atoms with Crippen LogP contribution in [0.4, 0.5) is 17.1 Å². The van der Waals surface area contributed by atoms with Gasteiger partial charge in [-0.25, -0.2) is 9.97 Å². The molecule has 7 heteroatoms.